The molecule has 0 radical (unpaired) electrons. The average Bonchev–Trinajstić information content (AvgIpc) is 2.93. The third kappa shape index (κ3) is 1.98. The third-order valence-electron chi connectivity index (χ3n) is 3.05. The minimum atomic E-state index is 0.212. The van der Waals surface area contributed by atoms with Gasteiger partial charge in [-0.1, -0.05) is 15.9 Å². The predicted octanol–water partition coefficient (Wildman–Crippen LogP) is 3.04. The van der Waals surface area contributed by atoms with E-state index in [0.29, 0.717) is 12.3 Å². The molecule has 1 fully saturated rings. The highest BCUT2D eigenvalue weighted by molar-refractivity contribution is 9.09. The van der Waals surface area contributed by atoms with Gasteiger partial charge in [0.2, 0.25) is 5.91 Å². The summed E-state index contributed by atoms with van der Waals surface area (Å²) >= 11 is 5.07. The fraction of sp³-hybridized carbons (Fsp3) is 0.333. The summed E-state index contributed by atoms with van der Waals surface area (Å²) in [5.41, 5.74) is 3.78. The number of benzene rings is 1. The number of carbonyl (C=O) groups is 1. The van der Waals surface area contributed by atoms with E-state index in [0.717, 1.165) is 27.8 Å². The molecule has 1 saturated heterocycles. The third-order valence-corrected chi connectivity index (χ3v) is 4.77. The molecule has 1 unspecified atom stereocenters. The largest absolute Gasteiger partial charge is 0.312 e. The van der Waals surface area contributed by atoms with Crippen LogP contribution < -0.4 is 4.90 Å². The topological polar surface area (TPSA) is 33.2 Å². The van der Waals surface area contributed by atoms with E-state index in [1.54, 1.807) is 11.3 Å². The molecule has 1 aromatic heterocycles. The van der Waals surface area contributed by atoms with E-state index >= 15 is 0 Å². The molecule has 1 aromatic carbocycles. The highest BCUT2D eigenvalue weighted by Gasteiger charge is 2.29. The van der Waals surface area contributed by atoms with Gasteiger partial charge < -0.3 is 4.90 Å². The van der Waals surface area contributed by atoms with Gasteiger partial charge in [-0.15, -0.1) is 11.3 Å². The Morgan fingerprint density at radius 3 is 3.18 bits per heavy atom. The van der Waals surface area contributed by atoms with Crippen LogP contribution in [0, 0.1) is 5.92 Å². The van der Waals surface area contributed by atoms with E-state index < -0.39 is 0 Å². The molecule has 0 bridgehead atoms. The van der Waals surface area contributed by atoms with E-state index in [1.165, 1.54) is 0 Å². The van der Waals surface area contributed by atoms with Crippen LogP contribution in [0.4, 0.5) is 5.69 Å². The Balaban J connectivity index is 1.95. The number of fused-ring (bicyclic) bond motifs is 1. The lowest BCUT2D eigenvalue weighted by Gasteiger charge is -2.16. The van der Waals surface area contributed by atoms with Gasteiger partial charge in [0, 0.05) is 24.0 Å². The fourth-order valence-electron chi connectivity index (χ4n) is 2.15. The molecule has 2 aromatic rings. The van der Waals surface area contributed by atoms with Crippen molar-refractivity contribution in [1.82, 2.24) is 4.98 Å². The van der Waals surface area contributed by atoms with E-state index in [9.17, 15) is 4.79 Å². The van der Waals surface area contributed by atoms with Crippen molar-refractivity contribution in [2.75, 3.05) is 16.8 Å². The maximum Gasteiger partial charge on any atom is 0.227 e. The van der Waals surface area contributed by atoms with Gasteiger partial charge in [-0.05, 0) is 24.1 Å². The number of rotatable bonds is 2. The first-order chi connectivity index (χ1) is 8.28. The van der Waals surface area contributed by atoms with Crippen LogP contribution in [-0.4, -0.2) is 22.8 Å². The molecule has 5 heteroatoms. The zero-order valence-electron chi connectivity index (χ0n) is 9.10. The lowest BCUT2D eigenvalue weighted by Crippen LogP contribution is -2.24. The van der Waals surface area contributed by atoms with E-state index in [2.05, 4.69) is 20.9 Å². The van der Waals surface area contributed by atoms with Crippen molar-refractivity contribution in [2.45, 2.75) is 6.42 Å². The summed E-state index contributed by atoms with van der Waals surface area (Å²) in [6, 6.07) is 6.05. The SMILES string of the molecule is O=C1CC(CBr)CN1c1ccc2scnc2c1. The van der Waals surface area contributed by atoms with Crippen molar-refractivity contribution in [3.05, 3.63) is 23.7 Å². The summed E-state index contributed by atoms with van der Waals surface area (Å²) in [6.45, 7) is 0.805. The maximum atomic E-state index is 11.9. The van der Waals surface area contributed by atoms with Crippen LogP contribution in [0.3, 0.4) is 0 Å². The second-order valence-electron chi connectivity index (χ2n) is 4.23. The predicted molar refractivity (Wildman–Crippen MR) is 73.9 cm³/mol. The molecule has 88 valence electrons. The minimum absolute atomic E-state index is 0.212. The first kappa shape index (κ1) is 11.2. The molecule has 1 aliphatic rings. The monoisotopic (exact) mass is 310 g/mol. The number of hydrogen-bond acceptors (Lipinski definition) is 3. The van der Waals surface area contributed by atoms with Gasteiger partial charge in [0.15, 0.2) is 0 Å². The number of amides is 1. The number of alkyl halides is 1. The lowest BCUT2D eigenvalue weighted by molar-refractivity contribution is -0.117. The summed E-state index contributed by atoms with van der Waals surface area (Å²) in [5.74, 6) is 0.637. The molecular formula is C12H11BrN2OS. The summed E-state index contributed by atoms with van der Waals surface area (Å²) in [6.07, 6.45) is 0.639. The Morgan fingerprint density at radius 2 is 2.41 bits per heavy atom. The van der Waals surface area contributed by atoms with Crippen LogP contribution in [0.2, 0.25) is 0 Å². The summed E-state index contributed by atoms with van der Waals surface area (Å²) in [5, 5.41) is 0.883. The van der Waals surface area contributed by atoms with Crippen molar-refractivity contribution >= 4 is 49.1 Å². The number of nitrogens with zero attached hydrogens (tertiary/aromatic N) is 2. The minimum Gasteiger partial charge on any atom is -0.312 e. The Hall–Kier alpha value is -0.940. The molecule has 2 heterocycles. The van der Waals surface area contributed by atoms with Gasteiger partial charge in [0.1, 0.15) is 0 Å². The second-order valence-corrected chi connectivity index (χ2v) is 5.77. The molecule has 1 amide bonds. The van der Waals surface area contributed by atoms with Crippen LogP contribution in [-0.2, 0) is 4.79 Å². The molecule has 17 heavy (non-hydrogen) atoms. The standard InChI is InChI=1S/C12H11BrN2OS/c13-5-8-3-12(16)15(6-8)9-1-2-11-10(4-9)14-7-17-11/h1-2,4,7-8H,3,5-6H2. The molecule has 1 atom stereocenters. The maximum absolute atomic E-state index is 11.9. The van der Waals surface area contributed by atoms with Gasteiger partial charge in [-0.2, -0.15) is 0 Å². The highest BCUT2D eigenvalue weighted by Crippen LogP contribution is 2.29. The van der Waals surface area contributed by atoms with Crippen molar-refractivity contribution in [2.24, 2.45) is 5.92 Å². The molecule has 1 aliphatic heterocycles. The van der Waals surface area contributed by atoms with Crippen LogP contribution in [0.1, 0.15) is 6.42 Å². The first-order valence-electron chi connectivity index (χ1n) is 5.47. The van der Waals surface area contributed by atoms with Crippen LogP contribution in [0.5, 0.6) is 0 Å². The van der Waals surface area contributed by atoms with Crippen LogP contribution >= 0.6 is 27.3 Å². The van der Waals surface area contributed by atoms with Crippen LogP contribution in [0.25, 0.3) is 10.2 Å². The van der Waals surface area contributed by atoms with Crippen molar-refractivity contribution in [3.8, 4) is 0 Å². The van der Waals surface area contributed by atoms with Crippen molar-refractivity contribution in [1.29, 1.82) is 0 Å². The Labute approximate surface area is 112 Å². The number of halogens is 1. The second kappa shape index (κ2) is 4.38. The summed E-state index contributed by atoms with van der Waals surface area (Å²) in [7, 11) is 0. The molecule has 3 nitrogen and oxygen atoms in total. The lowest BCUT2D eigenvalue weighted by atomic mass is 10.2. The zero-order chi connectivity index (χ0) is 11.8. The summed E-state index contributed by atoms with van der Waals surface area (Å²) < 4.78 is 1.16. The van der Waals surface area contributed by atoms with Gasteiger partial charge in [-0.3, -0.25) is 4.79 Å². The average molecular weight is 311 g/mol. The quantitative estimate of drug-likeness (QED) is 0.799. The number of aromatic nitrogens is 1. The van der Waals surface area contributed by atoms with E-state index in [1.807, 2.05) is 28.6 Å². The number of carbonyl (C=O) groups excluding carboxylic acids is 1. The smallest absolute Gasteiger partial charge is 0.227 e. The Bertz CT molecular complexity index is 568. The Kier molecular flexibility index (Phi) is 2.88. The number of hydrogen-bond donors (Lipinski definition) is 0. The van der Waals surface area contributed by atoms with Crippen LogP contribution in [0.15, 0.2) is 23.7 Å². The number of thiazole rings is 1. The Morgan fingerprint density at radius 1 is 1.53 bits per heavy atom. The van der Waals surface area contributed by atoms with Gasteiger partial charge in [0.05, 0.1) is 15.7 Å². The molecule has 0 saturated carbocycles. The van der Waals surface area contributed by atoms with E-state index in [-0.39, 0.29) is 5.91 Å². The summed E-state index contributed by atoms with van der Waals surface area (Å²) in [4.78, 5) is 18.1. The molecule has 0 N–H and O–H groups in total. The van der Waals surface area contributed by atoms with Crippen molar-refractivity contribution in [3.63, 3.8) is 0 Å². The number of anilines is 1. The molecule has 3 rings (SSSR count). The van der Waals surface area contributed by atoms with Gasteiger partial charge in [-0.25, -0.2) is 4.98 Å². The fourth-order valence-corrected chi connectivity index (χ4v) is 3.24. The normalized spacial score (nSPS) is 20.4. The van der Waals surface area contributed by atoms with Gasteiger partial charge in [0.25, 0.3) is 0 Å². The van der Waals surface area contributed by atoms with Crippen molar-refractivity contribution < 1.29 is 4.79 Å². The zero-order valence-corrected chi connectivity index (χ0v) is 11.5. The molecule has 0 aliphatic carbocycles. The molecular weight excluding hydrogens is 300 g/mol. The highest BCUT2D eigenvalue weighted by atomic mass is 79.9. The van der Waals surface area contributed by atoms with E-state index in [4.69, 9.17) is 0 Å². The van der Waals surface area contributed by atoms with Gasteiger partial charge >= 0.3 is 0 Å². The molecule has 0 spiro atoms. The first-order valence-corrected chi connectivity index (χ1v) is 7.47.